The molecular formula is C16H12F8N2O. The molecule has 148 valence electrons. The SMILES string of the molecule is O=c1cc(C(F)(F)F)c2cc(N3C[C@@H](F)C[C@@H]3[C@@H](F)C(F)(F)F)ccc2[nH]1. The van der Waals surface area contributed by atoms with E-state index < -0.39 is 60.2 Å². The molecule has 27 heavy (non-hydrogen) atoms. The minimum absolute atomic E-state index is 0.196. The van der Waals surface area contributed by atoms with E-state index in [1.165, 1.54) is 0 Å². The van der Waals surface area contributed by atoms with Gasteiger partial charge in [0.05, 0.1) is 11.6 Å². The Hall–Kier alpha value is -2.33. The van der Waals surface area contributed by atoms with Crippen molar-refractivity contribution in [2.45, 2.75) is 37.2 Å². The molecule has 3 rings (SSSR count). The number of alkyl halides is 8. The van der Waals surface area contributed by atoms with Crippen molar-refractivity contribution in [3.8, 4) is 0 Å². The zero-order valence-electron chi connectivity index (χ0n) is 13.3. The van der Waals surface area contributed by atoms with Crippen LogP contribution in [-0.4, -0.2) is 36.1 Å². The predicted molar refractivity (Wildman–Crippen MR) is 81.2 cm³/mol. The lowest BCUT2D eigenvalue weighted by Crippen LogP contribution is -2.44. The number of halogens is 8. The lowest BCUT2D eigenvalue weighted by Gasteiger charge is -2.30. The second-order valence-corrected chi connectivity index (χ2v) is 6.27. The third kappa shape index (κ3) is 3.72. The molecule has 0 spiro atoms. The van der Waals surface area contributed by atoms with Crippen LogP contribution in [0.4, 0.5) is 40.8 Å². The smallest absolute Gasteiger partial charge is 0.362 e. The van der Waals surface area contributed by atoms with Gasteiger partial charge < -0.3 is 9.88 Å². The van der Waals surface area contributed by atoms with Crippen LogP contribution in [0.15, 0.2) is 29.1 Å². The predicted octanol–water partition coefficient (Wildman–Crippen LogP) is 4.36. The fraction of sp³-hybridized carbons (Fsp3) is 0.438. The topological polar surface area (TPSA) is 36.1 Å². The van der Waals surface area contributed by atoms with Gasteiger partial charge in [-0.15, -0.1) is 0 Å². The lowest BCUT2D eigenvalue weighted by atomic mass is 10.1. The molecule has 0 aliphatic carbocycles. The number of benzene rings is 1. The van der Waals surface area contributed by atoms with Crippen LogP contribution in [0.3, 0.4) is 0 Å². The van der Waals surface area contributed by atoms with Crippen molar-refractivity contribution in [3.63, 3.8) is 0 Å². The molecule has 0 radical (unpaired) electrons. The second kappa shape index (κ2) is 6.38. The van der Waals surface area contributed by atoms with Crippen LogP contribution in [0.1, 0.15) is 12.0 Å². The summed E-state index contributed by atoms with van der Waals surface area (Å²) in [7, 11) is 0. The van der Waals surface area contributed by atoms with E-state index in [2.05, 4.69) is 4.98 Å². The highest BCUT2D eigenvalue weighted by atomic mass is 19.4. The third-order valence-corrected chi connectivity index (χ3v) is 4.41. The second-order valence-electron chi connectivity index (χ2n) is 6.27. The zero-order chi connectivity index (χ0) is 20.1. The first-order chi connectivity index (χ1) is 12.4. The van der Waals surface area contributed by atoms with Gasteiger partial charge in [-0.3, -0.25) is 4.79 Å². The summed E-state index contributed by atoms with van der Waals surface area (Å²) in [4.78, 5) is 14.4. The molecule has 1 fully saturated rings. The molecule has 2 heterocycles. The molecule has 0 unspecified atom stereocenters. The molecule has 1 aliphatic heterocycles. The molecule has 1 N–H and O–H groups in total. The summed E-state index contributed by atoms with van der Waals surface area (Å²) in [6, 6.07) is 1.48. The highest BCUT2D eigenvalue weighted by molar-refractivity contribution is 5.86. The molecule has 1 aliphatic rings. The average Bonchev–Trinajstić information content (AvgIpc) is 2.92. The maximum Gasteiger partial charge on any atom is 0.421 e. The minimum Gasteiger partial charge on any atom is -0.362 e. The largest absolute Gasteiger partial charge is 0.421 e. The van der Waals surface area contributed by atoms with Crippen LogP contribution in [0.25, 0.3) is 10.9 Å². The number of fused-ring (bicyclic) bond motifs is 1. The summed E-state index contributed by atoms with van der Waals surface area (Å²) >= 11 is 0. The Morgan fingerprint density at radius 2 is 1.78 bits per heavy atom. The highest BCUT2D eigenvalue weighted by Gasteiger charge is 2.51. The fourth-order valence-corrected chi connectivity index (χ4v) is 3.26. The van der Waals surface area contributed by atoms with E-state index in [0.717, 1.165) is 23.1 Å². The summed E-state index contributed by atoms with van der Waals surface area (Å²) in [5.41, 5.74) is -2.69. The number of pyridine rings is 1. The first kappa shape index (κ1) is 19.4. The highest BCUT2D eigenvalue weighted by Crippen LogP contribution is 2.39. The van der Waals surface area contributed by atoms with Gasteiger partial charge in [-0.25, -0.2) is 8.78 Å². The van der Waals surface area contributed by atoms with Crippen molar-refractivity contribution in [3.05, 3.63) is 40.2 Å². The van der Waals surface area contributed by atoms with Crippen LogP contribution >= 0.6 is 0 Å². The molecule has 1 aromatic carbocycles. The van der Waals surface area contributed by atoms with Crippen LogP contribution in [0.2, 0.25) is 0 Å². The minimum atomic E-state index is -5.23. The Bertz CT molecular complexity index is 904. The van der Waals surface area contributed by atoms with Crippen LogP contribution < -0.4 is 10.5 Å². The van der Waals surface area contributed by atoms with E-state index in [1.807, 2.05) is 0 Å². The molecule has 1 saturated heterocycles. The van der Waals surface area contributed by atoms with Gasteiger partial charge >= 0.3 is 12.4 Å². The average molecular weight is 400 g/mol. The Morgan fingerprint density at radius 1 is 1.11 bits per heavy atom. The number of aromatic amines is 1. The Labute approximate surface area is 146 Å². The van der Waals surface area contributed by atoms with Crippen molar-refractivity contribution in [1.82, 2.24) is 4.98 Å². The number of anilines is 1. The number of nitrogens with zero attached hydrogens (tertiary/aromatic N) is 1. The molecule has 1 aromatic heterocycles. The van der Waals surface area contributed by atoms with E-state index in [4.69, 9.17) is 0 Å². The fourth-order valence-electron chi connectivity index (χ4n) is 3.26. The van der Waals surface area contributed by atoms with E-state index in [-0.39, 0.29) is 11.2 Å². The maximum atomic E-state index is 13.8. The molecule has 2 aromatic rings. The van der Waals surface area contributed by atoms with Gasteiger partial charge in [0.1, 0.15) is 6.17 Å². The van der Waals surface area contributed by atoms with Gasteiger partial charge in [0, 0.05) is 35.6 Å². The molecule has 11 heteroatoms. The maximum absolute atomic E-state index is 13.8. The van der Waals surface area contributed by atoms with Crippen molar-refractivity contribution in [2.75, 3.05) is 11.4 Å². The molecular weight excluding hydrogens is 388 g/mol. The molecule has 3 atom stereocenters. The first-order valence-corrected chi connectivity index (χ1v) is 7.73. The summed E-state index contributed by atoms with van der Waals surface area (Å²) in [5, 5.41) is -0.483. The molecule has 0 saturated carbocycles. The number of hydrogen-bond donors (Lipinski definition) is 1. The van der Waals surface area contributed by atoms with Gasteiger partial charge in [0.2, 0.25) is 11.7 Å². The van der Waals surface area contributed by atoms with Crippen LogP contribution in [0.5, 0.6) is 0 Å². The number of aromatic nitrogens is 1. The molecule has 0 amide bonds. The Kier molecular flexibility index (Phi) is 4.59. The normalized spacial score (nSPS) is 22.4. The number of nitrogens with one attached hydrogen (secondary N) is 1. The van der Waals surface area contributed by atoms with E-state index in [1.54, 1.807) is 0 Å². The number of rotatable bonds is 2. The molecule has 3 nitrogen and oxygen atoms in total. The summed E-state index contributed by atoms with van der Waals surface area (Å²) in [6.45, 7) is -0.586. The van der Waals surface area contributed by atoms with Crippen molar-refractivity contribution in [2.24, 2.45) is 0 Å². The van der Waals surface area contributed by atoms with Gasteiger partial charge in [-0.1, -0.05) is 0 Å². The van der Waals surface area contributed by atoms with E-state index >= 15 is 0 Å². The molecule has 0 bridgehead atoms. The quantitative estimate of drug-likeness (QED) is 0.761. The van der Waals surface area contributed by atoms with E-state index in [9.17, 15) is 39.9 Å². The summed E-state index contributed by atoms with van der Waals surface area (Å²) < 4.78 is 105. The Balaban J connectivity index is 2.11. The van der Waals surface area contributed by atoms with Crippen LogP contribution in [0, 0.1) is 0 Å². The van der Waals surface area contributed by atoms with Crippen molar-refractivity contribution >= 4 is 16.6 Å². The third-order valence-electron chi connectivity index (χ3n) is 4.41. The summed E-state index contributed by atoms with van der Waals surface area (Å²) in [5.74, 6) is 0. The first-order valence-electron chi connectivity index (χ1n) is 7.73. The monoisotopic (exact) mass is 400 g/mol. The van der Waals surface area contributed by atoms with Crippen LogP contribution in [-0.2, 0) is 6.18 Å². The number of H-pyrrole nitrogens is 1. The van der Waals surface area contributed by atoms with Gasteiger partial charge in [-0.2, -0.15) is 26.3 Å². The van der Waals surface area contributed by atoms with Crippen molar-refractivity contribution in [1.29, 1.82) is 0 Å². The van der Waals surface area contributed by atoms with E-state index in [0.29, 0.717) is 6.07 Å². The lowest BCUT2D eigenvalue weighted by molar-refractivity contribution is -0.185. The Morgan fingerprint density at radius 3 is 2.37 bits per heavy atom. The summed E-state index contributed by atoms with van der Waals surface area (Å²) in [6.07, 6.45) is -16.0. The number of hydrogen-bond acceptors (Lipinski definition) is 2. The standard InChI is InChI=1S/C16H12F8N2O/c17-7-3-12(14(18)16(22,23)24)26(6-7)8-1-2-11-9(4-8)10(15(19,20)21)5-13(27)25-11/h1-2,4-5,7,12,14H,3,6H2,(H,25,27)/t7-,12+,14+/m0/s1. The van der Waals surface area contributed by atoms with Gasteiger partial charge in [0.15, 0.2) is 0 Å². The zero-order valence-corrected chi connectivity index (χ0v) is 13.3. The van der Waals surface area contributed by atoms with Crippen molar-refractivity contribution < 1.29 is 35.1 Å². The van der Waals surface area contributed by atoms with Gasteiger partial charge in [-0.05, 0) is 18.2 Å². The van der Waals surface area contributed by atoms with Gasteiger partial charge in [0.25, 0.3) is 0 Å².